The predicted octanol–water partition coefficient (Wildman–Crippen LogP) is 4.40. The van der Waals surface area contributed by atoms with Gasteiger partial charge in [-0.1, -0.05) is 26.7 Å². The summed E-state index contributed by atoms with van der Waals surface area (Å²) in [6.07, 6.45) is 11.1. The maximum absolute atomic E-state index is 6.51. The third-order valence-corrected chi connectivity index (χ3v) is 4.33. The maximum atomic E-state index is 6.51. The van der Waals surface area contributed by atoms with E-state index in [-0.39, 0.29) is 11.6 Å². The highest BCUT2D eigenvalue weighted by Crippen LogP contribution is 2.42. The van der Waals surface area contributed by atoms with Gasteiger partial charge in [0.2, 0.25) is 0 Å². The molecule has 2 aliphatic heterocycles. The molecule has 0 bridgehead atoms. The lowest BCUT2D eigenvalue weighted by molar-refractivity contribution is -0.340. The van der Waals surface area contributed by atoms with Gasteiger partial charge in [-0.3, -0.25) is 0 Å². The highest BCUT2D eigenvalue weighted by molar-refractivity contribution is 4.83. The van der Waals surface area contributed by atoms with Crippen molar-refractivity contribution in [2.75, 3.05) is 13.2 Å². The quantitative estimate of drug-likeness (QED) is 0.654. The first-order valence-corrected chi connectivity index (χ1v) is 8.22. The fraction of sp³-hybridized carbons (Fsp3) is 1.00. The standard InChI is InChI=1S/C16H30O3/c1-3-5-9-15(11-7-13-17-15)19-16(10-6-4-2)12-8-14-18-16/h3-14H2,1-2H3. The fourth-order valence-corrected chi connectivity index (χ4v) is 3.23. The van der Waals surface area contributed by atoms with E-state index in [1.807, 2.05) is 0 Å². The molecule has 0 N–H and O–H groups in total. The lowest BCUT2D eigenvalue weighted by Crippen LogP contribution is -2.44. The van der Waals surface area contributed by atoms with Gasteiger partial charge in [0.15, 0.2) is 11.6 Å². The molecular formula is C16H30O3. The van der Waals surface area contributed by atoms with E-state index in [0.717, 1.165) is 51.7 Å². The minimum absolute atomic E-state index is 0.353. The van der Waals surface area contributed by atoms with Crippen LogP contribution in [0.2, 0.25) is 0 Å². The summed E-state index contributed by atoms with van der Waals surface area (Å²) in [4.78, 5) is 0. The SMILES string of the molecule is CCCCC1(OC2(CCCC)CCCO2)CCCO1. The topological polar surface area (TPSA) is 27.7 Å². The molecule has 3 nitrogen and oxygen atoms in total. The Balaban J connectivity index is 2.00. The minimum Gasteiger partial charge on any atom is -0.350 e. The molecule has 2 aliphatic rings. The zero-order valence-corrected chi connectivity index (χ0v) is 12.7. The summed E-state index contributed by atoms with van der Waals surface area (Å²) < 4.78 is 18.5. The molecular weight excluding hydrogens is 240 g/mol. The van der Waals surface area contributed by atoms with Crippen LogP contribution in [0.4, 0.5) is 0 Å². The van der Waals surface area contributed by atoms with Crippen molar-refractivity contribution < 1.29 is 14.2 Å². The Labute approximate surface area is 118 Å². The van der Waals surface area contributed by atoms with Crippen molar-refractivity contribution in [1.29, 1.82) is 0 Å². The van der Waals surface area contributed by atoms with Gasteiger partial charge in [0.05, 0.1) is 13.2 Å². The van der Waals surface area contributed by atoms with Crippen molar-refractivity contribution in [1.82, 2.24) is 0 Å². The van der Waals surface area contributed by atoms with Crippen LogP contribution in [0.1, 0.15) is 78.1 Å². The van der Waals surface area contributed by atoms with E-state index in [1.165, 1.54) is 25.7 Å². The first-order chi connectivity index (χ1) is 9.24. The van der Waals surface area contributed by atoms with Crippen LogP contribution in [0.15, 0.2) is 0 Å². The number of hydrogen-bond donors (Lipinski definition) is 0. The summed E-state index contributed by atoms with van der Waals surface area (Å²) in [5.41, 5.74) is 0. The highest BCUT2D eigenvalue weighted by Gasteiger charge is 2.46. The predicted molar refractivity (Wildman–Crippen MR) is 76.0 cm³/mol. The molecule has 0 aromatic rings. The Kier molecular flexibility index (Phi) is 5.67. The largest absolute Gasteiger partial charge is 0.350 e. The molecule has 2 unspecified atom stereocenters. The van der Waals surface area contributed by atoms with Crippen LogP contribution in [-0.4, -0.2) is 24.8 Å². The number of rotatable bonds is 8. The summed E-state index contributed by atoms with van der Waals surface area (Å²) >= 11 is 0. The van der Waals surface area contributed by atoms with Gasteiger partial charge in [-0.2, -0.15) is 0 Å². The van der Waals surface area contributed by atoms with Gasteiger partial charge < -0.3 is 14.2 Å². The van der Waals surface area contributed by atoms with Crippen molar-refractivity contribution in [3.05, 3.63) is 0 Å². The molecule has 0 spiro atoms. The third-order valence-electron chi connectivity index (χ3n) is 4.33. The molecule has 2 fully saturated rings. The highest BCUT2D eigenvalue weighted by atomic mass is 16.8. The van der Waals surface area contributed by atoms with E-state index in [4.69, 9.17) is 14.2 Å². The number of unbranched alkanes of at least 4 members (excludes halogenated alkanes) is 2. The second-order valence-corrected chi connectivity index (χ2v) is 6.03. The van der Waals surface area contributed by atoms with Crippen LogP contribution in [-0.2, 0) is 14.2 Å². The minimum atomic E-state index is -0.353. The average Bonchev–Trinajstić information content (AvgIpc) is 3.05. The van der Waals surface area contributed by atoms with Crippen molar-refractivity contribution in [3.8, 4) is 0 Å². The van der Waals surface area contributed by atoms with Crippen LogP contribution in [0.5, 0.6) is 0 Å². The smallest absolute Gasteiger partial charge is 0.171 e. The molecule has 2 atom stereocenters. The van der Waals surface area contributed by atoms with Crippen LogP contribution in [0.3, 0.4) is 0 Å². The number of ether oxygens (including phenoxy) is 3. The molecule has 2 saturated heterocycles. The molecule has 19 heavy (non-hydrogen) atoms. The van der Waals surface area contributed by atoms with Gasteiger partial charge in [0, 0.05) is 25.7 Å². The molecule has 0 aromatic heterocycles. The van der Waals surface area contributed by atoms with Gasteiger partial charge in [0.1, 0.15) is 0 Å². The second-order valence-electron chi connectivity index (χ2n) is 6.03. The summed E-state index contributed by atoms with van der Waals surface area (Å²) in [6.45, 7) is 6.13. The Hall–Kier alpha value is -0.120. The summed E-state index contributed by atoms with van der Waals surface area (Å²) in [5.74, 6) is -0.706. The molecule has 2 heterocycles. The van der Waals surface area contributed by atoms with Crippen molar-refractivity contribution >= 4 is 0 Å². The lowest BCUT2D eigenvalue weighted by Gasteiger charge is -2.39. The monoisotopic (exact) mass is 270 g/mol. The van der Waals surface area contributed by atoms with E-state index in [0.29, 0.717) is 0 Å². The first-order valence-electron chi connectivity index (χ1n) is 8.22. The summed E-state index contributed by atoms with van der Waals surface area (Å²) in [6, 6.07) is 0. The summed E-state index contributed by atoms with van der Waals surface area (Å²) in [5, 5.41) is 0. The van der Waals surface area contributed by atoms with E-state index >= 15 is 0 Å². The van der Waals surface area contributed by atoms with Crippen LogP contribution < -0.4 is 0 Å². The second kappa shape index (κ2) is 7.05. The molecule has 112 valence electrons. The van der Waals surface area contributed by atoms with Gasteiger partial charge in [-0.05, 0) is 25.7 Å². The van der Waals surface area contributed by atoms with Crippen LogP contribution in [0, 0.1) is 0 Å². The van der Waals surface area contributed by atoms with E-state index in [2.05, 4.69) is 13.8 Å². The number of hydrogen-bond acceptors (Lipinski definition) is 3. The average molecular weight is 270 g/mol. The molecule has 3 heteroatoms. The van der Waals surface area contributed by atoms with E-state index < -0.39 is 0 Å². The van der Waals surface area contributed by atoms with Crippen LogP contribution >= 0.6 is 0 Å². The Morgan fingerprint density at radius 2 is 1.32 bits per heavy atom. The van der Waals surface area contributed by atoms with Crippen molar-refractivity contribution in [2.24, 2.45) is 0 Å². The van der Waals surface area contributed by atoms with Crippen molar-refractivity contribution in [3.63, 3.8) is 0 Å². The van der Waals surface area contributed by atoms with Gasteiger partial charge in [-0.25, -0.2) is 0 Å². The molecule has 0 aliphatic carbocycles. The maximum Gasteiger partial charge on any atom is 0.171 e. The molecule has 0 saturated carbocycles. The van der Waals surface area contributed by atoms with E-state index in [9.17, 15) is 0 Å². The van der Waals surface area contributed by atoms with E-state index in [1.54, 1.807) is 0 Å². The molecule has 2 rings (SSSR count). The lowest BCUT2D eigenvalue weighted by atomic mass is 10.0. The van der Waals surface area contributed by atoms with Gasteiger partial charge in [0.25, 0.3) is 0 Å². The summed E-state index contributed by atoms with van der Waals surface area (Å²) in [7, 11) is 0. The van der Waals surface area contributed by atoms with Crippen LogP contribution in [0.25, 0.3) is 0 Å². The normalized spacial score (nSPS) is 35.1. The fourth-order valence-electron chi connectivity index (χ4n) is 3.23. The zero-order chi connectivity index (χ0) is 13.6. The van der Waals surface area contributed by atoms with Gasteiger partial charge in [-0.15, -0.1) is 0 Å². The first kappa shape index (κ1) is 15.3. The molecule has 0 amide bonds. The Morgan fingerprint density at radius 3 is 1.63 bits per heavy atom. The molecule has 0 aromatic carbocycles. The van der Waals surface area contributed by atoms with Crippen molar-refractivity contribution in [2.45, 2.75) is 89.6 Å². The Bertz CT molecular complexity index is 227. The third kappa shape index (κ3) is 3.93. The zero-order valence-electron chi connectivity index (χ0n) is 12.7. The Morgan fingerprint density at radius 1 is 0.842 bits per heavy atom. The molecule has 0 radical (unpaired) electrons. The van der Waals surface area contributed by atoms with Gasteiger partial charge >= 0.3 is 0 Å².